The Labute approximate surface area is 80.8 Å². The van der Waals surface area contributed by atoms with E-state index in [2.05, 4.69) is 23.7 Å². The molecule has 0 aromatic rings. The van der Waals surface area contributed by atoms with E-state index in [0.717, 1.165) is 39.3 Å². The second-order valence-electron chi connectivity index (χ2n) is 3.34. The normalized spacial score (nSPS) is 23.4. The number of nitrogens with one attached hydrogen (secondary N) is 1. The lowest BCUT2D eigenvalue weighted by molar-refractivity contribution is 0.00843. The van der Waals surface area contributed by atoms with Gasteiger partial charge in [0.05, 0.1) is 12.7 Å². The van der Waals surface area contributed by atoms with Gasteiger partial charge in [0.2, 0.25) is 0 Å². The molecule has 0 bridgehead atoms. The molecule has 1 saturated heterocycles. The minimum absolute atomic E-state index is 0.355. The molecule has 76 valence electrons. The fourth-order valence-corrected chi connectivity index (χ4v) is 1.54. The zero-order valence-electron chi connectivity index (χ0n) is 8.46. The van der Waals surface area contributed by atoms with Crippen LogP contribution in [0, 0.1) is 0 Å². The van der Waals surface area contributed by atoms with Gasteiger partial charge >= 0.3 is 0 Å². The van der Waals surface area contributed by atoms with Crippen LogP contribution in [0.1, 0.15) is 6.92 Å². The van der Waals surface area contributed by atoms with Gasteiger partial charge in [-0.05, 0) is 6.54 Å². The van der Waals surface area contributed by atoms with E-state index in [9.17, 15) is 0 Å². The molecule has 1 heterocycles. The Morgan fingerprint density at radius 3 is 3.08 bits per heavy atom. The summed E-state index contributed by atoms with van der Waals surface area (Å²) in [5.74, 6) is 0. The van der Waals surface area contributed by atoms with E-state index >= 15 is 0 Å². The molecule has 0 amide bonds. The highest BCUT2D eigenvalue weighted by atomic mass is 16.5. The maximum absolute atomic E-state index is 5.62. The Morgan fingerprint density at radius 2 is 2.54 bits per heavy atom. The van der Waals surface area contributed by atoms with E-state index in [0.29, 0.717) is 6.10 Å². The van der Waals surface area contributed by atoms with E-state index in [1.165, 1.54) is 0 Å². The largest absolute Gasteiger partial charge is 0.374 e. The molecule has 0 radical (unpaired) electrons. The Morgan fingerprint density at radius 1 is 1.69 bits per heavy atom. The SMILES string of the molecule is C=CCN(CC)CC1CNCCO1. The van der Waals surface area contributed by atoms with Crippen LogP contribution < -0.4 is 5.32 Å². The topological polar surface area (TPSA) is 24.5 Å². The number of nitrogens with zero attached hydrogens (tertiary/aromatic N) is 1. The highest BCUT2D eigenvalue weighted by Crippen LogP contribution is 1.99. The Hall–Kier alpha value is -0.380. The van der Waals surface area contributed by atoms with Crippen molar-refractivity contribution >= 4 is 0 Å². The van der Waals surface area contributed by atoms with Crippen molar-refractivity contribution in [1.82, 2.24) is 10.2 Å². The van der Waals surface area contributed by atoms with Gasteiger partial charge in [-0.2, -0.15) is 0 Å². The summed E-state index contributed by atoms with van der Waals surface area (Å²) in [5.41, 5.74) is 0. The first-order valence-corrected chi connectivity index (χ1v) is 5.02. The van der Waals surface area contributed by atoms with Crippen LogP contribution >= 0.6 is 0 Å². The van der Waals surface area contributed by atoms with Crippen LogP contribution in [-0.2, 0) is 4.74 Å². The van der Waals surface area contributed by atoms with Crippen LogP contribution in [0.15, 0.2) is 12.7 Å². The van der Waals surface area contributed by atoms with Gasteiger partial charge in [0.15, 0.2) is 0 Å². The van der Waals surface area contributed by atoms with Crippen molar-refractivity contribution in [2.75, 3.05) is 39.3 Å². The minimum Gasteiger partial charge on any atom is -0.374 e. The van der Waals surface area contributed by atoms with Crippen molar-refractivity contribution in [1.29, 1.82) is 0 Å². The summed E-state index contributed by atoms with van der Waals surface area (Å²) in [6.07, 6.45) is 2.30. The van der Waals surface area contributed by atoms with Crippen LogP contribution in [0.2, 0.25) is 0 Å². The molecular weight excluding hydrogens is 164 g/mol. The smallest absolute Gasteiger partial charge is 0.0826 e. The number of rotatable bonds is 5. The van der Waals surface area contributed by atoms with Gasteiger partial charge in [0.25, 0.3) is 0 Å². The van der Waals surface area contributed by atoms with Crippen molar-refractivity contribution in [2.24, 2.45) is 0 Å². The lowest BCUT2D eigenvalue weighted by Gasteiger charge is -2.28. The molecule has 0 aliphatic carbocycles. The number of hydrogen-bond donors (Lipinski definition) is 1. The summed E-state index contributed by atoms with van der Waals surface area (Å²) in [4.78, 5) is 2.34. The van der Waals surface area contributed by atoms with Crippen molar-refractivity contribution in [3.8, 4) is 0 Å². The average Bonchev–Trinajstić information content (AvgIpc) is 2.19. The molecule has 1 fully saturated rings. The predicted molar refractivity (Wildman–Crippen MR) is 54.9 cm³/mol. The Kier molecular flexibility index (Phi) is 5.05. The minimum atomic E-state index is 0.355. The van der Waals surface area contributed by atoms with Crippen molar-refractivity contribution in [2.45, 2.75) is 13.0 Å². The molecule has 13 heavy (non-hydrogen) atoms. The van der Waals surface area contributed by atoms with Gasteiger partial charge in [-0.3, -0.25) is 4.90 Å². The van der Waals surface area contributed by atoms with Crippen molar-refractivity contribution < 1.29 is 4.74 Å². The van der Waals surface area contributed by atoms with E-state index in [1.807, 2.05) is 6.08 Å². The maximum atomic E-state index is 5.62. The van der Waals surface area contributed by atoms with Crippen LogP contribution in [0.25, 0.3) is 0 Å². The third kappa shape index (κ3) is 3.89. The number of likely N-dealkylation sites (N-methyl/N-ethyl adjacent to an activating group) is 1. The molecule has 0 aromatic carbocycles. The van der Waals surface area contributed by atoms with Crippen LogP contribution in [0.3, 0.4) is 0 Å². The molecule has 1 aliphatic heterocycles. The molecule has 0 saturated carbocycles. The molecule has 1 rings (SSSR count). The zero-order chi connectivity index (χ0) is 9.52. The summed E-state index contributed by atoms with van der Waals surface area (Å²) >= 11 is 0. The molecule has 1 N–H and O–H groups in total. The highest BCUT2D eigenvalue weighted by molar-refractivity contribution is 4.77. The summed E-state index contributed by atoms with van der Waals surface area (Å²) in [5, 5.41) is 3.33. The molecule has 0 spiro atoms. The first kappa shape index (κ1) is 10.7. The summed E-state index contributed by atoms with van der Waals surface area (Å²) in [6, 6.07) is 0. The Bertz CT molecular complexity index is 144. The van der Waals surface area contributed by atoms with Gasteiger partial charge in [-0.1, -0.05) is 13.0 Å². The predicted octanol–water partition coefficient (Wildman–Crippen LogP) is 0.483. The van der Waals surface area contributed by atoms with Crippen LogP contribution in [-0.4, -0.2) is 50.3 Å². The fourth-order valence-electron chi connectivity index (χ4n) is 1.54. The number of hydrogen-bond acceptors (Lipinski definition) is 3. The molecule has 3 nitrogen and oxygen atoms in total. The monoisotopic (exact) mass is 184 g/mol. The lowest BCUT2D eigenvalue weighted by atomic mass is 10.3. The zero-order valence-corrected chi connectivity index (χ0v) is 8.46. The standard InChI is InChI=1S/C10H20N2O/c1-3-6-12(4-2)9-10-8-11-5-7-13-10/h3,10-11H,1,4-9H2,2H3. The van der Waals surface area contributed by atoms with E-state index in [4.69, 9.17) is 4.74 Å². The second-order valence-corrected chi connectivity index (χ2v) is 3.34. The number of morpholine rings is 1. The van der Waals surface area contributed by atoms with Crippen LogP contribution in [0.4, 0.5) is 0 Å². The fraction of sp³-hybridized carbons (Fsp3) is 0.800. The molecule has 1 atom stereocenters. The quantitative estimate of drug-likeness (QED) is 0.629. The first-order valence-electron chi connectivity index (χ1n) is 5.02. The van der Waals surface area contributed by atoms with Gasteiger partial charge < -0.3 is 10.1 Å². The number of ether oxygens (including phenoxy) is 1. The van der Waals surface area contributed by atoms with Gasteiger partial charge in [-0.25, -0.2) is 0 Å². The van der Waals surface area contributed by atoms with Gasteiger partial charge in [0.1, 0.15) is 0 Å². The summed E-state index contributed by atoms with van der Waals surface area (Å²) in [6.45, 7) is 11.7. The molecule has 3 heteroatoms. The molecule has 1 aliphatic rings. The lowest BCUT2D eigenvalue weighted by Crippen LogP contribution is -2.45. The van der Waals surface area contributed by atoms with Crippen molar-refractivity contribution in [3.63, 3.8) is 0 Å². The third-order valence-corrected chi connectivity index (χ3v) is 2.30. The highest BCUT2D eigenvalue weighted by Gasteiger charge is 2.15. The Balaban J connectivity index is 2.22. The van der Waals surface area contributed by atoms with Crippen molar-refractivity contribution in [3.05, 3.63) is 12.7 Å². The first-order chi connectivity index (χ1) is 6.36. The average molecular weight is 184 g/mol. The second kappa shape index (κ2) is 6.13. The maximum Gasteiger partial charge on any atom is 0.0826 e. The van der Waals surface area contributed by atoms with E-state index < -0.39 is 0 Å². The summed E-state index contributed by atoms with van der Waals surface area (Å²) < 4.78 is 5.62. The van der Waals surface area contributed by atoms with Gasteiger partial charge in [0, 0.05) is 26.2 Å². The third-order valence-electron chi connectivity index (χ3n) is 2.30. The van der Waals surface area contributed by atoms with E-state index in [1.54, 1.807) is 0 Å². The molecule has 1 unspecified atom stereocenters. The molecular formula is C10H20N2O. The molecule has 0 aromatic heterocycles. The van der Waals surface area contributed by atoms with E-state index in [-0.39, 0.29) is 0 Å². The summed E-state index contributed by atoms with van der Waals surface area (Å²) in [7, 11) is 0. The van der Waals surface area contributed by atoms with Gasteiger partial charge in [-0.15, -0.1) is 6.58 Å². The van der Waals surface area contributed by atoms with Crippen LogP contribution in [0.5, 0.6) is 0 Å².